The second kappa shape index (κ2) is 8.25. The quantitative estimate of drug-likeness (QED) is 0.548. The van der Waals surface area contributed by atoms with Crippen LogP contribution in [0.3, 0.4) is 0 Å². The van der Waals surface area contributed by atoms with Crippen LogP contribution in [-0.4, -0.2) is 40.0 Å². The molecule has 0 unspecified atom stereocenters. The molecular weight excluding hydrogens is 322 g/mol. The molecule has 2 rings (SSSR count). The fraction of sp³-hybridized carbons (Fsp3) is 0.111. The third kappa shape index (κ3) is 5.17. The van der Waals surface area contributed by atoms with Gasteiger partial charge in [0.1, 0.15) is 11.4 Å². The smallest absolute Gasteiger partial charge is 0.317 e. The Morgan fingerprint density at radius 2 is 1.72 bits per heavy atom. The Morgan fingerprint density at radius 3 is 2.32 bits per heavy atom. The molecule has 1 aromatic heterocycles. The van der Waals surface area contributed by atoms with Crippen molar-refractivity contribution in [1.82, 2.24) is 10.3 Å². The van der Waals surface area contributed by atoms with Crippen LogP contribution in [-0.2, 0) is 4.79 Å². The number of carboxylic acids is 1. The Kier molecular flexibility index (Phi) is 5.83. The van der Waals surface area contributed by atoms with Crippen molar-refractivity contribution in [1.29, 1.82) is 5.26 Å². The highest BCUT2D eigenvalue weighted by Gasteiger charge is 2.13. The molecule has 1 heterocycles. The average Bonchev–Trinajstić information content (AvgIpc) is 2.60. The molecular formula is C18H13N3O4. The van der Waals surface area contributed by atoms with Gasteiger partial charge in [0.25, 0.3) is 0 Å². The van der Waals surface area contributed by atoms with Crippen LogP contribution < -0.4 is 5.32 Å². The Morgan fingerprint density at radius 1 is 1.08 bits per heavy atom. The molecule has 1 aromatic carbocycles. The summed E-state index contributed by atoms with van der Waals surface area (Å²) in [5.74, 6) is 3.73. The van der Waals surface area contributed by atoms with E-state index in [4.69, 9.17) is 10.4 Å². The fourth-order valence-corrected chi connectivity index (χ4v) is 1.88. The molecule has 124 valence electrons. The van der Waals surface area contributed by atoms with E-state index < -0.39 is 11.8 Å². The number of aliphatic carboxylic acids is 1. The zero-order valence-electron chi connectivity index (χ0n) is 13.0. The number of carbonyl (C=O) groups excluding carboxylic acids is 1. The number of carbonyl (C=O) groups is 2. The first-order valence-corrected chi connectivity index (χ1v) is 7.16. The van der Waals surface area contributed by atoms with Gasteiger partial charge in [0.2, 0.25) is 0 Å². The molecule has 0 aliphatic carbocycles. The summed E-state index contributed by atoms with van der Waals surface area (Å²) >= 11 is 0. The van der Waals surface area contributed by atoms with E-state index in [1.807, 2.05) is 6.07 Å². The molecule has 0 aliphatic heterocycles. The molecule has 0 saturated carbocycles. The number of nitrogens with one attached hydrogen (secondary N) is 1. The van der Waals surface area contributed by atoms with Crippen molar-refractivity contribution in [3.05, 3.63) is 58.9 Å². The molecule has 0 aliphatic rings. The van der Waals surface area contributed by atoms with E-state index in [0.29, 0.717) is 16.7 Å². The van der Waals surface area contributed by atoms with Gasteiger partial charge in [-0.2, -0.15) is 5.26 Å². The number of aromatic nitrogens is 1. The topological polar surface area (TPSA) is 123 Å². The molecule has 0 amide bonds. The van der Waals surface area contributed by atoms with Crippen LogP contribution in [0.5, 0.6) is 5.75 Å². The molecule has 0 bridgehead atoms. The van der Waals surface area contributed by atoms with E-state index in [0.717, 1.165) is 0 Å². The number of hydrogen-bond donors (Lipinski definition) is 3. The lowest BCUT2D eigenvalue weighted by Gasteiger charge is -2.03. The minimum atomic E-state index is -1.08. The average molecular weight is 335 g/mol. The van der Waals surface area contributed by atoms with E-state index in [1.165, 1.54) is 12.3 Å². The number of ketones is 1. The minimum absolute atomic E-state index is 0.151. The number of hydrogen-bond acceptors (Lipinski definition) is 6. The third-order valence-electron chi connectivity index (χ3n) is 3.06. The van der Waals surface area contributed by atoms with Crippen LogP contribution in [0.1, 0.15) is 27.2 Å². The van der Waals surface area contributed by atoms with Gasteiger partial charge < -0.3 is 10.2 Å². The molecule has 0 fully saturated rings. The third-order valence-corrected chi connectivity index (χ3v) is 3.06. The zero-order chi connectivity index (χ0) is 18.2. The summed E-state index contributed by atoms with van der Waals surface area (Å²) in [5.41, 5.74) is 1.49. The maximum absolute atomic E-state index is 11.9. The van der Waals surface area contributed by atoms with Gasteiger partial charge in [0, 0.05) is 17.3 Å². The van der Waals surface area contributed by atoms with E-state index in [2.05, 4.69) is 22.1 Å². The number of carboxylic acid groups (broad SMARTS) is 1. The first-order valence-electron chi connectivity index (χ1n) is 7.16. The van der Waals surface area contributed by atoms with Crippen molar-refractivity contribution in [2.45, 2.75) is 0 Å². The molecule has 2 aromatic rings. The predicted molar refractivity (Wildman–Crippen MR) is 87.9 cm³/mol. The lowest BCUT2D eigenvalue weighted by Crippen LogP contribution is -2.28. The minimum Gasteiger partial charge on any atom is -0.506 e. The number of rotatable bonds is 5. The van der Waals surface area contributed by atoms with Gasteiger partial charge in [-0.25, -0.2) is 4.98 Å². The highest BCUT2D eigenvalue weighted by molar-refractivity contribution is 5.98. The first-order chi connectivity index (χ1) is 12.0. The normalized spacial score (nSPS) is 9.56. The molecule has 25 heavy (non-hydrogen) atoms. The second-order valence-electron chi connectivity index (χ2n) is 4.95. The number of benzene rings is 1. The number of Topliss-reactive ketones (excluding diaryl/α,β-unsaturated/α-hetero) is 1. The van der Waals surface area contributed by atoms with Gasteiger partial charge in [-0.15, -0.1) is 0 Å². The standard InChI is InChI=1S/C18H13N3O4/c19-8-13-4-1-12(2-5-13)3-6-14-7-15(22)18(21-9-14)16(23)10-20-11-17(24)25/h1-2,4-5,7,9,20,22H,10-11H2,(H,24,25). The van der Waals surface area contributed by atoms with Crippen molar-refractivity contribution < 1.29 is 19.8 Å². The Bertz CT molecular complexity index is 903. The van der Waals surface area contributed by atoms with Crippen LogP contribution >= 0.6 is 0 Å². The highest BCUT2D eigenvalue weighted by Crippen LogP contribution is 2.16. The summed E-state index contributed by atoms with van der Waals surface area (Å²) in [7, 11) is 0. The van der Waals surface area contributed by atoms with Gasteiger partial charge in [-0.3, -0.25) is 14.9 Å². The van der Waals surface area contributed by atoms with Crippen molar-refractivity contribution in [3.63, 3.8) is 0 Å². The van der Waals surface area contributed by atoms with E-state index in [9.17, 15) is 14.7 Å². The SMILES string of the molecule is N#Cc1ccc(C#Cc2cnc(C(=O)CNCC(=O)O)c(O)c2)cc1. The van der Waals surface area contributed by atoms with E-state index in [1.54, 1.807) is 24.3 Å². The van der Waals surface area contributed by atoms with Crippen molar-refractivity contribution >= 4 is 11.8 Å². The largest absolute Gasteiger partial charge is 0.506 e. The molecule has 7 heteroatoms. The first kappa shape index (κ1) is 17.7. The zero-order valence-corrected chi connectivity index (χ0v) is 13.0. The molecule has 0 saturated heterocycles. The molecule has 0 atom stereocenters. The van der Waals surface area contributed by atoms with E-state index in [-0.39, 0.29) is 24.5 Å². The van der Waals surface area contributed by atoms with Crippen molar-refractivity contribution in [2.24, 2.45) is 0 Å². The highest BCUT2D eigenvalue weighted by atomic mass is 16.4. The lowest BCUT2D eigenvalue weighted by molar-refractivity contribution is -0.135. The van der Waals surface area contributed by atoms with Crippen molar-refractivity contribution in [3.8, 4) is 23.7 Å². The summed E-state index contributed by atoms with van der Waals surface area (Å²) in [6.07, 6.45) is 1.35. The van der Waals surface area contributed by atoms with Gasteiger partial charge in [-0.1, -0.05) is 11.8 Å². The fourth-order valence-electron chi connectivity index (χ4n) is 1.88. The molecule has 0 radical (unpaired) electrons. The molecule has 7 nitrogen and oxygen atoms in total. The Balaban J connectivity index is 2.09. The van der Waals surface area contributed by atoms with Crippen LogP contribution in [0.4, 0.5) is 0 Å². The summed E-state index contributed by atoms with van der Waals surface area (Å²) in [6, 6.07) is 10.0. The van der Waals surface area contributed by atoms with Crippen molar-refractivity contribution in [2.75, 3.05) is 13.1 Å². The van der Waals surface area contributed by atoms with Crippen LogP contribution in [0.15, 0.2) is 36.5 Å². The molecule has 3 N–H and O–H groups in total. The number of pyridine rings is 1. The maximum Gasteiger partial charge on any atom is 0.317 e. The molecule has 0 spiro atoms. The van der Waals surface area contributed by atoms with Crippen LogP contribution in [0, 0.1) is 23.2 Å². The van der Waals surface area contributed by atoms with Gasteiger partial charge in [0.05, 0.1) is 24.7 Å². The summed E-state index contributed by atoms with van der Waals surface area (Å²) in [4.78, 5) is 26.1. The van der Waals surface area contributed by atoms with Crippen LogP contribution in [0.2, 0.25) is 0 Å². The number of nitriles is 1. The second-order valence-corrected chi connectivity index (χ2v) is 4.95. The summed E-state index contributed by atoms with van der Waals surface area (Å²) < 4.78 is 0. The maximum atomic E-state index is 11.9. The Labute approximate surface area is 143 Å². The van der Waals surface area contributed by atoms with Gasteiger partial charge >= 0.3 is 5.97 Å². The predicted octanol–water partition coefficient (Wildman–Crippen LogP) is 0.916. The summed E-state index contributed by atoms with van der Waals surface area (Å²) in [5, 5.41) is 29.6. The number of aromatic hydroxyl groups is 1. The van der Waals surface area contributed by atoms with E-state index >= 15 is 0 Å². The van der Waals surface area contributed by atoms with Gasteiger partial charge in [-0.05, 0) is 30.3 Å². The van der Waals surface area contributed by atoms with Crippen LogP contribution in [0.25, 0.3) is 0 Å². The number of nitrogens with zero attached hydrogens (tertiary/aromatic N) is 2. The summed E-state index contributed by atoms with van der Waals surface area (Å²) in [6.45, 7) is -0.607. The lowest BCUT2D eigenvalue weighted by atomic mass is 10.1. The monoisotopic (exact) mass is 335 g/mol. The Hall–Kier alpha value is -3.68. The van der Waals surface area contributed by atoms with Gasteiger partial charge in [0.15, 0.2) is 5.78 Å².